The molecule has 0 aliphatic carbocycles. The molecule has 1 heterocycles. The van der Waals surface area contributed by atoms with E-state index >= 15 is 0 Å². The Kier molecular flexibility index (Phi) is 4.31. The number of aryl methyl sites for hydroxylation is 1. The van der Waals surface area contributed by atoms with Gasteiger partial charge in [-0.15, -0.1) is 11.3 Å². The van der Waals surface area contributed by atoms with Gasteiger partial charge in [-0.25, -0.2) is 4.98 Å². The summed E-state index contributed by atoms with van der Waals surface area (Å²) in [7, 11) is 0. The van der Waals surface area contributed by atoms with Crippen LogP contribution in [0.5, 0.6) is 0 Å². The SMILES string of the molecule is Cc1csc(CNC(CO)CO)n1. The van der Waals surface area contributed by atoms with Gasteiger partial charge >= 0.3 is 0 Å². The van der Waals surface area contributed by atoms with Gasteiger partial charge in [-0.1, -0.05) is 0 Å². The molecule has 0 fully saturated rings. The second-order valence-corrected chi connectivity index (χ2v) is 3.77. The zero-order valence-corrected chi connectivity index (χ0v) is 8.34. The Hall–Kier alpha value is -0.490. The first-order valence-electron chi connectivity index (χ1n) is 4.12. The number of aliphatic hydroxyl groups excluding tert-OH is 2. The molecular weight excluding hydrogens is 188 g/mol. The van der Waals surface area contributed by atoms with Crippen LogP contribution < -0.4 is 5.32 Å². The van der Waals surface area contributed by atoms with Crippen LogP contribution >= 0.6 is 11.3 Å². The molecule has 0 bridgehead atoms. The summed E-state index contributed by atoms with van der Waals surface area (Å²) < 4.78 is 0. The van der Waals surface area contributed by atoms with Crippen LogP contribution in [0.2, 0.25) is 0 Å². The molecule has 0 unspecified atom stereocenters. The fourth-order valence-electron chi connectivity index (χ4n) is 0.902. The summed E-state index contributed by atoms with van der Waals surface area (Å²) in [6.45, 7) is 2.43. The fourth-order valence-corrected chi connectivity index (χ4v) is 1.63. The highest BCUT2D eigenvalue weighted by Gasteiger charge is 2.05. The third-order valence-corrected chi connectivity index (χ3v) is 2.62. The second-order valence-electron chi connectivity index (χ2n) is 2.83. The normalized spacial score (nSPS) is 11.1. The van der Waals surface area contributed by atoms with Crippen molar-refractivity contribution in [2.75, 3.05) is 13.2 Å². The van der Waals surface area contributed by atoms with E-state index in [0.29, 0.717) is 6.54 Å². The van der Waals surface area contributed by atoms with E-state index in [2.05, 4.69) is 10.3 Å². The average Bonchev–Trinajstić information content (AvgIpc) is 2.53. The average molecular weight is 202 g/mol. The summed E-state index contributed by atoms with van der Waals surface area (Å²) in [6.07, 6.45) is 0. The molecule has 0 radical (unpaired) electrons. The lowest BCUT2D eigenvalue weighted by Crippen LogP contribution is -2.35. The summed E-state index contributed by atoms with van der Waals surface area (Å²) >= 11 is 1.58. The highest BCUT2D eigenvalue weighted by atomic mass is 32.1. The molecule has 0 aromatic carbocycles. The van der Waals surface area contributed by atoms with Crippen LogP contribution in [-0.2, 0) is 6.54 Å². The van der Waals surface area contributed by atoms with Gasteiger partial charge in [-0.05, 0) is 6.92 Å². The maximum Gasteiger partial charge on any atom is 0.107 e. The van der Waals surface area contributed by atoms with Gasteiger partial charge in [0, 0.05) is 17.6 Å². The van der Waals surface area contributed by atoms with Crippen molar-refractivity contribution in [3.63, 3.8) is 0 Å². The first-order valence-corrected chi connectivity index (χ1v) is 5.00. The molecule has 0 spiro atoms. The molecule has 1 aromatic rings. The molecule has 0 aliphatic rings. The predicted molar refractivity (Wildman–Crippen MR) is 51.7 cm³/mol. The van der Waals surface area contributed by atoms with Crippen LogP contribution in [0.15, 0.2) is 5.38 Å². The van der Waals surface area contributed by atoms with E-state index in [9.17, 15) is 0 Å². The standard InChI is InChI=1S/C8H14N2O2S/c1-6-5-13-8(10-6)2-9-7(3-11)4-12/h5,7,9,11-12H,2-4H2,1H3. The van der Waals surface area contributed by atoms with E-state index in [1.165, 1.54) is 0 Å². The molecule has 0 amide bonds. The van der Waals surface area contributed by atoms with Crippen molar-refractivity contribution in [1.82, 2.24) is 10.3 Å². The summed E-state index contributed by atoms with van der Waals surface area (Å²) in [5, 5.41) is 23.5. The fraction of sp³-hybridized carbons (Fsp3) is 0.625. The molecule has 0 saturated heterocycles. The number of nitrogens with zero attached hydrogens (tertiary/aromatic N) is 1. The highest BCUT2D eigenvalue weighted by molar-refractivity contribution is 7.09. The molecule has 74 valence electrons. The van der Waals surface area contributed by atoms with E-state index in [4.69, 9.17) is 10.2 Å². The molecule has 4 nitrogen and oxygen atoms in total. The molecule has 13 heavy (non-hydrogen) atoms. The van der Waals surface area contributed by atoms with Crippen molar-refractivity contribution < 1.29 is 10.2 Å². The molecule has 5 heteroatoms. The summed E-state index contributed by atoms with van der Waals surface area (Å²) in [6, 6.07) is -0.246. The number of rotatable bonds is 5. The topological polar surface area (TPSA) is 65.4 Å². The van der Waals surface area contributed by atoms with Crippen molar-refractivity contribution in [2.45, 2.75) is 19.5 Å². The zero-order valence-electron chi connectivity index (χ0n) is 7.53. The Morgan fingerprint density at radius 2 is 2.23 bits per heavy atom. The van der Waals surface area contributed by atoms with Gasteiger partial charge < -0.3 is 15.5 Å². The van der Waals surface area contributed by atoms with Gasteiger partial charge in [0.25, 0.3) is 0 Å². The minimum absolute atomic E-state index is 0.0547. The largest absolute Gasteiger partial charge is 0.395 e. The van der Waals surface area contributed by atoms with Crippen molar-refractivity contribution in [3.8, 4) is 0 Å². The van der Waals surface area contributed by atoms with Gasteiger partial charge in [-0.3, -0.25) is 0 Å². The lowest BCUT2D eigenvalue weighted by Gasteiger charge is -2.11. The van der Waals surface area contributed by atoms with Crippen LogP contribution in [0.4, 0.5) is 0 Å². The van der Waals surface area contributed by atoms with E-state index in [0.717, 1.165) is 10.7 Å². The lowest BCUT2D eigenvalue weighted by molar-refractivity contribution is 0.170. The van der Waals surface area contributed by atoms with Crippen LogP contribution in [0, 0.1) is 6.92 Å². The number of nitrogens with one attached hydrogen (secondary N) is 1. The van der Waals surface area contributed by atoms with E-state index < -0.39 is 0 Å². The Balaban J connectivity index is 2.33. The van der Waals surface area contributed by atoms with Gasteiger partial charge in [0.05, 0.1) is 19.3 Å². The number of aliphatic hydroxyl groups is 2. The van der Waals surface area contributed by atoms with Crippen LogP contribution in [-0.4, -0.2) is 34.5 Å². The van der Waals surface area contributed by atoms with Crippen molar-refractivity contribution >= 4 is 11.3 Å². The minimum Gasteiger partial charge on any atom is -0.395 e. The third-order valence-electron chi connectivity index (χ3n) is 1.65. The zero-order chi connectivity index (χ0) is 9.68. The molecule has 1 aromatic heterocycles. The van der Waals surface area contributed by atoms with Crippen LogP contribution in [0.25, 0.3) is 0 Å². The van der Waals surface area contributed by atoms with Gasteiger partial charge in [0.2, 0.25) is 0 Å². The summed E-state index contributed by atoms with van der Waals surface area (Å²) in [4.78, 5) is 4.24. The lowest BCUT2D eigenvalue weighted by atomic mass is 10.3. The number of thiazole rings is 1. The van der Waals surface area contributed by atoms with Crippen LogP contribution in [0.3, 0.4) is 0 Å². The molecule has 1 rings (SSSR count). The molecule has 0 aliphatic heterocycles. The van der Waals surface area contributed by atoms with Gasteiger partial charge in [0.15, 0.2) is 0 Å². The first kappa shape index (κ1) is 10.6. The highest BCUT2D eigenvalue weighted by Crippen LogP contribution is 2.07. The van der Waals surface area contributed by atoms with Gasteiger partial charge in [-0.2, -0.15) is 0 Å². The van der Waals surface area contributed by atoms with E-state index in [-0.39, 0.29) is 19.3 Å². The molecule has 0 atom stereocenters. The van der Waals surface area contributed by atoms with E-state index in [1.807, 2.05) is 12.3 Å². The molecule has 3 N–H and O–H groups in total. The quantitative estimate of drug-likeness (QED) is 0.623. The second kappa shape index (κ2) is 5.29. The first-order chi connectivity index (χ1) is 6.26. The summed E-state index contributed by atoms with van der Waals surface area (Å²) in [5.41, 5.74) is 1.01. The number of hydrogen-bond donors (Lipinski definition) is 3. The smallest absolute Gasteiger partial charge is 0.107 e. The van der Waals surface area contributed by atoms with Crippen LogP contribution in [0.1, 0.15) is 10.7 Å². The Labute approximate surface area is 81.3 Å². The Morgan fingerprint density at radius 1 is 1.54 bits per heavy atom. The van der Waals surface area contributed by atoms with Crippen molar-refractivity contribution in [2.24, 2.45) is 0 Å². The Bertz CT molecular complexity index is 248. The number of aromatic nitrogens is 1. The Morgan fingerprint density at radius 3 is 2.69 bits per heavy atom. The molecule has 0 saturated carbocycles. The summed E-state index contributed by atoms with van der Waals surface area (Å²) in [5.74, 6) is 0. The maximum atomic E-state index is 8.77. The van der Waals surface area contributed by atoms with Gasteiger partial charge in [0.1, 0.15) is 5.01 Å². The van der Waals surface area contributed by atoms with Crippen molar-refractivity contribution in [3.05, 3.63) is 16.1 Å². The van der Waals surface area contributed by atoms with E-state index in [1.54, 1.807) is 11.3 Å². The predicted octanol–water partition coefficient (Wildman–Crippen LogP) is -0.106. The minimum atomic E-state index is -0.246. The maximum absolute atomic E-state index is 8.77. The number of hydrogen-bond acceptors (Lipinski definition) is 5. The third kappa shape index (κ3) is 3.40. The molecular formula is C8H14N2O2S. The monoisotopic (exact) mass is 202 g/mol. The van der Waals surface area contributed by atoms with Crippen molar-refractivity contribution in [1.29, 1.82) is 0 Å².